The van der Waals surface area contributed by atoms with Crippen molar-refractivity contribution in [2.45, 2.75) is 0 Å². The summed E-state index contributed by atoms with van der Waals surface area (Å²) >= 11 is -2.37. The largest absolute Gasteiger partial charge is 0.494 e. The first-order valence-corrected chi connectivity index (χ1v) is 8.75. The van der Waals surface area contributed by atoms with Crippen LogP contribution in [0.5, 0.6) is 17.4 Å². The van der Waals surface area contributed by atoms with Gasteiger partial charge in [-0.25, -0.2) is 13.9 Å². The van der Waals surface area contributed by atoms with Crippen LogP contribution in [0.1, 0.15) is 0 Å². The van der Waals surface area contributed by atoms with Gasteiger partial charge in [-0.2, -0.15) is 0 Å². The van der Waals surface area contributed by atoms with Gasteiger partial charge < -0.3 is 14.2 Å². The molecule has 11 heteroatoms. The first kappa shape index (κ1) is 18.6. The summed E-state index contributed by atoms with van der Waals surface area (Å²) in [5.41, 5.74) is 0.881. The number of ether oxygens (including phenoxy) is 3. The summed E-state index contributed by atoms with van der Waals surface area (Å²) in [5, 5.41) is 8.09. The van der Waals surface area contributed by atoms with Crippen LogP contribution in [-0.4, -0.2) is 49.8 Å². The number of nitrogens with one attached hydrogen (secondary N) is 1. The number of nitrogens with zero attached hydrogens (tertiary/aromatic N) is 4. The van der Waals surface area contributed by atoms with Crippen molar-refractivity contribution < 1.29 is 23.0 Å². The molecule has 0 bridgehead atoms. The van der Waals surface area contributed by atoms with Crippen molar-refractivity contribution in [2.24, 2.45) is 0 Å². The fraction of sp³-hybridized carbons (Fsp3) is 0.188. The molecule has 0 saturated heterocycles. The predicted molar refractivity (Wildman–Crippen MR) is 98.6 cm³/mol. The van der Waals surface area contributed by atoms with E-state index in [0.717, 1.165) is 0 Å². The van der Waals surface area contributed by atoms with Gasteiger partial charge in [0, 0.05) is 6.07 Å². The highest BCUT2D eigenvalue weighted by atomic mass is 32.2. The zero-order valence-electron chi connectivity index (χ0n) is 14.7. The lowest BCUT2D eigenvalue weighted by Crippen LogP contribution is -2.11. The van der Waals surface area contributed by atoms with Crippen LogP contribution in [0.25, 0.3) is 17.2 Å². The summed E-state index contributed by atoms with van der Waals surface area (Å²) in [6.07, 6.45) is 0. The minimum absolute atomic E-state index is 0.0123. The Morgan fingerprint density at radius 2 is 1.67 bits per heavy atom. The molecule has 0 fully saturated rings. The molecule has 1 aromatic carbocycles. The van der Waals surface area contributed by atoms with Crippen LogP contribution in [0.15, 0.2) is 36.4 Å². The number of anilines is 1. The Kier molecular flexibility index (Phi) is 5.52. The molecule has 2 N–H and O–H groups in total. The third kappa shape index (κ3) is 3.68. The maximum Gasteiger partial charge on any atom is 0.261 e. The molecule has 2 heterocycles. The highest BCUT2D eigenvalue weighted by Crippen LogP contribution is 2.37. The van der Waals surface area contributed by atoms with E-state index in [1.54, 1.807) is 36.4 Å². The number of methoxy groups -OCH3 is 3. The Bertz CT molecular complexity index is 955. The molecule has 0 radical (unpaired) electrons. The molecule has 2 aromatic heterocycles. The standard InChI is InChI=1S/C16H17N5O5S/c1-24-11-7-5-8-12(25-2)14(11)21-15(18-19-16(21)20-27(22)23)10-6-4-9-13(17-10)26-3/h4-9H,1-3H3,(H,19,20)(H,22,23). The lowest BCUT2D eigenvalue weighted by Gasteiger charge is -2.16. The smallest absolute Gasteiger partial charge is 0.261 e. The predicted octanol–water partition coefficient (Wildman–Crippen LogP) is 1.90. The highest BCUT2D eigenvalue weighted by molar-refractivity contribution is 7.80. The molecule has 0 aliphatic carbocycles. The third-order valence-corrected chi connectivity index (χ3v) is 3.99. The Morgan fingerprint density at radius 3 is 2.26 bits per heavy atom. The average Bonchev–Trinajstić information content (AvgIpc) is 3.09. The number of aromatic nitrogens is 4. The Balaban J connectivity index is 2.30. The lowest BCUT2D eigenvalue weighted by atomic mass is 10.2. The zero-order chi connectivity index (χ0) is 19.4. The molecule has 3 aromatic rings. The summed E-state index contributed by atoms with van der Waals surface area (Å²) in [6, 6.07) is 10.4. The molecule has 3 rings (SSSR count). The molecule has 0 saturated carbocycles. The molecule has 1 atom stereocenters. The summed E-state index contributed by atoms with van der Waals surface area (Å²) in [5.74, 6) is 1.59. The fourth-order valence-corrected chi connectivity index (χ4v) is 2.80. The van der Waals surface area contributed by atoms with Crippen LogP contribution >= 0.6 is 0 Å². The Labute approximate surface area is 157 Å². The van der Waals surface area contributed by atoms with E-state index in [9.17, 15) is 8.76 Å². The van der Waals surface area contributed by atoms with Gasteiger partial charge in [0.05, 0.1) is 21.3 Å². The number of benzene rings is 1. The van der Waals surface area contributed by atoms with E-state index in [-0.39, 0.29) is 5.95 Å². The lowest BCUT2D eigenvalue weighted by molar-refractivity contribution is 0.391. The summed E-state index contributed by atoms with van der Waals surface area (Å²) in [7, 11) is 4.51. The second-order valence-corrected chi connectivity index (χ2v) is 5.81. The second-order valence-electron chi connectivity index (χ2n) is 5.11. The molecule has 0 aliphatic heterocycles. The maximum absolute atomic E-state index is 11.3. The van der Waals surface area contributed by atoms with Gasteiger partial charge in [-0.1, -0.05) is 12.1 Å². The zero-order valence-corrected chi connectivity index (χ0v) is 15.6. The second kappa shape index (κ2) is 8.01. The van der Waals surface area contributed by atoms with Gasteiger partial charge in [-0.3, -0.25) is 9.12 Å². The third-order valence-electron chi connectivity index (χ3n) is 3.63. The van der Waals surface area contributed by atoms with Gasteiger partial charge >= 0.3 is 0 Å². The monoisotopic (exact) mass is 391 g/mol. The molecular weight excluding hydrogens is 374 g/mol. The molecule has 0 amide bonds. The van der Waals surface area contributed by atoms with E-state index in [2.05, 4.69) is 19.9 Å². The van der Waals surface area contributed by atoms with Crippen molar-refractivity contribution in [3.63, 3.8) is 0 Å². The quantitative estimate of drug-likeness (QED) is 0.586. The maximum atomic E-state index is 11.3. The number of pyridine rings is 1. The SMILES string of the molecule is COc1cccc(-c2nnc(NS(=O)O)n2-c2c(OC)cccc2OC)n1. The van der Waals surface area contributed by atoms with Gasteiger partial charge in [0.1, 0.15) is 22.9 Å². The number of hydrogen-bond donors (Lipinski definition) is 2. The first-order valence-electron chi connectivity index (χ1n) is 7.64. The number of rotatable bonds is 7. The van der Waals surface area contributed by atoms with Crippen LogP contribution in [0.3, 0.4) is 0 Å². The molecular formula is C16H17N5O5S. The average molecular weight is 391 g/mol. The number of hydrogen-bond acceptors (Lipinski definition) is 7. The van der Waals surface area contributed by atoms with Gasteiger partial charge in [-0.05, 0) is 18.2 Å². The van der Waals surface area contributed by atoms with Crippen LogP contribution in [0, 0.1) is 0 Å². The van der Waals surface area contributed by atoms with E-state index in [1.165, 1.54) is 25.9 Å². The van der Waals surface area contributed by atoms with Crippen LogP contribution in [0.4, 0.5) is 5.95 Å². The van der Waals surface area contributed by atoms with E-state index in [4.69, 9.17) is 14.2 Å². The van der Waals surface area contributed by atoms with Crippen molar-refractivity contribution >= 4 is 17.2 Å². The van der Waals surface area contributed by atoms with Gasteiger partial charge in [-0.15, -0.1) is 10.2 Å². The minimum Gasteiger partial charge on any atom is -0.494 e. The molecule has 27 heavy (non-hydrogen) atoms. The van der Waals surface area contributed by atoms with Crippen molar-refractivity contribution in [1.29, 1.82) is 0 Å². The highest BCUT2D eigenvalue weighted by Gasteiger charge is 2.23. The van der Waals surface area contributed by atoms with Crippen LogP contribution < -0.4 is 18.9 Å². The molecule has 0 aliphatic rings. The van der Waals surface area contributed by atoms with Crippen molar-refractivity contribution in [3.05, 3.63) is 36.4 Å². The summed E-state index contributed by atoms with van der Waals surface area (Å²) in [4.78, 5) is 4.36. The van der Waals surface area contributed by atoms with Crippen LogP contribution in [-0.2, 0) is 11.3 Å². The Morgan fingerprint density at radius 1 is 1.00 bits per heavy atom. The van der Waals surface area contributed by atoms with Crippen LogP contribution in [0.2, 0.25) is 0 Å². The van der Waals surface area contributed by atoms with Crippen molar-refractivity contribution in [2.75, 3.05) is 26.1 Å². The van der Waals surface area contributed by atoms with E-state index in [1.807, 2.05) is 0 Å². The van der Waals surface area contributed by atoms with Gasteiger partial charge in [0.2, 0.25) is 11.8 Å². The fourth-order valence-electron chi connectivity index (χ4n) is 2.51. The Hall–Kier alpha value is -3.18. The molecule has 1 unspecified atom stereocenters. The number of para-hydroxylation sites is 1. The molecule has 0 spiro atoms. The van der Waals surface area contributed by atoms with Crippen molar-refractivity contribution in [3.8, 4) is 34.6 Å². The normalized spacial score (nSPS) is 11.7. The van der Waals surface area contributed by atoms with E-state index in [0.29, 0.717) is 34.6 Å². The molecule has 142 valence electrons. The van der Waals surface area contributed by atoms with Crippen molar-refractivity contribution in [1.82, 2.24) is 19.7 Å². The summed E-state index contributed by atoms with van der Waals surface area (Å²) in [6.45, 7) is 0. The van der Waals surface area contributed by atoms with Gasteiger partial charge in [0.15, 0.2) is 5.82 Å². The minimum atomic E-state index is -2.37. The van der Waals surface area contributed by atoms with E-state index >= 15 is 0 Å². The summed E-state index contributed by atoms with van der Waals surface area (Å²) < 4.78 is 40.5. The molecule has 10 nitrogen and oxygen atoms in total. The van der Waals surface area contributed by atoms with E-state index < -0.39 is 11.3 Å². The first-order chi connectivity index (χ1) is 13.1. The van der Waals surface area contributed by atoms with Gasteiger partial charge in [0.25, 0.3) is 11.3 Å². The topological polar surface area (TPSA) is 121 Å².